The zero-order valence-electron chi connectivity index (χ0n) is 17.6. The second-order valence-corrected chi connectivity index (χ2v) is 8.88. The Bertz CT molecular complexity index is 1070. The summed E-state index contributed by atoms with van der Waals surface area (Å²) in [5.41, 5.74) is 3.34. The Hall–Kier alpha value is -2.73. The maximum absolute atomic E-state index is 11.1. The first-order chi connectivity index (χ1) is 14.5. The summed E-state index contributed by atoms with van der Waals surface area (Å²) < 4.78 is 7.50. The van der Waals surface area contributed by atoms with E-state index in [0.29, 0.717) is 11.8 Å². The smallest absolute Gasteiger partial charge is 0.219 e. The molecule has 1 aliphatic rings. The predicted octanol–water partition coefficient (Wildman–Crippen LogP) is 5.85. The fourth-order valence-corrected chi connectivity index (χ4v) is 4.77. The van der Waals surface area contributed by atoms with Crippen LogP contribution in [0.4, 0.5) is 0 Å². The molecule has 0 saturated heterocycles. The molecule has 1 aliphatic carbocycles. The Kier molecular flexibility index (Phi) is 6.13. The third kappa shape index (κ3) is 4.54. The number of hydrogen-bond donors (Lipinski definition) is 1. The number of fused-ring (bicyclic) bond motifs is 1. The van der Waals surface area contributed by atoms with Crippen LogP contribution in [0.5, 0.6) is 11.6 Å². The van der Waals surface area contributed by atoms with Crippen molar-refractivity contribution in [3.63, 3.8) is 0 Å². The van der Waals surface area contributed by atoms with Gasteiger partial charge < -0.3 is 10.1 Å². The Morgan fingerprint density at radius 3 is 2.80 bits per heavy atom. The molecule has 1 N–H and O–H groups in total. The number of nitrogens with one attached hydrogen (secondary N) is 1. The highest BCUT2D eigenvalue weighted by Crippen LogP contribution is 2.46. The normalized spacial score (nSPS) is 15.3. The van der Waals surface area contributed by atoms with E-state index < -0.39 is 0 Å². The molecular weight excluding hydrogens is 394 g/mol. The number of nitrogens with zero attached hydrogens (tertiary/aromatic N) is 2. The highest BCUT2D eigenvalue weighted by molar-refractivity contribution is 7.18. The maximum Gasteiger partial charge on any atom is 0.219 e. The van der Waals surface area contributed by atoms with E-state index in [1.807, 2.05) is 37.3 Å². The molecule has 30 heavy (non-hydrogen) atoms. The highest BCUT2D eigenvalue weighted by atomic mass is 32.1. The minimum absolute atomic E-state index is 0.0254. The van der Waals surface area contributed by atoms with Crippen molar-refractivity contribution >= 4 is 33.5 Å². The molecule has 1 aromatic carbocycles. The van der Waals surface area contributed by atoms with Gasteiger partial charge in [0, 0.05) is 30.8 Å². The Morgan fingerprint density at radius 2 is 2.17 bits per heavy atom. The number of pyridine rings is 1. The molecule has 5 nitrogen and oxygen atoms in total. The van der Waals surface area contributed by atoms with Crippen LogP contribution in [-0.2, 0) is 11.2 Å². The van der Waals surface area contributed by atoms with Gasteiger partial charge in [0.2, 0.25) is 11.8 Å². The van der Waals surface area contributed by atoms with E-state index in [-0.39, 0.29) is 11.9 Å². The number of aryl methyl sites for hydroxylation is 1. The molecule has 1 saturated carbocycles. The number of aromatic nitrogens is 2. The van der Waals surface area contributed by atoms with E-state index in [2.05, 4.69) is 23.3 Å². The highest BCUT2D eigenvalue weighted by Gasteiger charge is 2.27. The summed E-state index contributed by atoms with van der Waals surface area (Å²) in [5.74, 6) is 1.99. The molecule has 0 aliphatic heterocycles. The summed E-state index contributed by atoms with van der Waals surface area (Å²) in [4.78, 5) is 20.4. The minimum Gasteiger partial charge on any atom is -0.439 e. The van der Waals surface area contributed by atoms with Crippen LogP contribution in [0.25, 0.3) is 16.3 Å². The monoisotopic (exact) mass is 421 g/mol. The van der Waals surface area contributed by atoms with Crippen LogP contribution in [0.15, 0.2) is 36.5 Å². The molecule has 0 unspecified atom stereocenters. The van der Waals surface area contributed by atoms with Gasteiger partial charge in [0.1, 0.15) is 5.75 Å². The SMILES string of the molecule is CCc1nc2ccc(Oc3ccc(/C=C/[C@H](C)NC(C)=O)cn3)c(C3CCC3)c2s1. The standard InChI is InChI=1S/C24H27N3O2S/c1-4-22-27-19-11-12-20(23(24(19)30-22)18-6-5-7-18)29-21-13-10-17(14-25-21)9-8-15(2)26-16(3)28/h8-15,18H,4-7H2,1-3H3,(H,26,28)/b9-8+/t15-/m0/s1. The lowest BCUT2D eigenvalue weighted by atomic mass is 9.79. The van der Waals surface area contributed by atoms with Gasteiger partial charge in [-0.05, 0) is 55.9 Å². The van der Waals surface area contributed by atoms with Crippen LogP contribution in [0.1, 0.15) is 62.1 Å². The molecule has 2 heterocycles. The fraction of sp³-hybridized carbons (Fsp3) is 0.375. The molecule has 1 atom stereocenters. The van der Waals surface area contributed by atoms with Crippen molar-refractivity contribution < 1.29 is 9.53 Å². The van der Waals surface area contributed by atoms with E-state index in [9.17, 15) is 4.79 Å². The molecule has 3 aromatic rings. The van der Waals surface area contributed by atoms with Crippen molar-refractivity contribution in [2.75, 3.05) is 0 Å². The average Bonchev–Trinajstić information content (AvgIpc) is 3.11. The van der Waals surface area contributed by atoms with Crippen molar-refractivity contribution in [1.29, 1.82) is 0 Å². The largest absolute Gasteiger partial charge is 0.439 e. The minimum atomic E-state index is -0.0414. The maximum atomic E-state index is 11.1. The summed E-state index contributed by atoms with van der Waals surface area (Å²) in [6.45, 7) is 5.60. The Balaban J connectivity index is 1.55. The molecule has 1 fully saturated rings. The van der Waals surface area contributed by atoms with Gasteiger partial charge in [0.15, 0.2) is 0 Å². The van der Waals surface area contributed by atoms with Crippen molar-refractivity contribution in [2.45, 2.75) is 58.4 Å². The summed E-state index contributed by atoms with van der Waals surface area (Å²) in [6.07, 6.45) is 10.3. The fourth-order valence-electron chi connectivity index (χ4n) is 3.65. The van der Waals surface area contributed by atoms with Gasteiger partial charge in [-0.2, -0.15) is 0 Å². The van der Waals surface area contributed by atoms with E-state index in [1.165, 1.54) is 41.5 Å². The van der Waals surface area contributed by atoms with Gasteiger partial charge in [-0.15, -0.1) is 11.3 Å². The van der Waals surface area contributed by atoms with Crippen molar-refractivity contribution in [3.8, 4) is 11.6 Å². The van der Waals surface area contributed by atoms with Crippen LogP contribution in [0, 0.1) is 0 Å². The number of rotatable bonds is 7. The summed E-state index contributed by atoms with van der Waals surface area (Å²) in [7, 11) is 0. The average molecular weight is 422 g/mol. The number of carbonyl (C=O) groups excluding carboxylic acids is 1. The van der Waals surface area contributed by atoms with E-state index in [0.717, 1.165) is 23.3 Å². The van der Waals surface area contributed by atoms with Crippen LogP contribution in [-0.4, -0.2) is 21.9 Å². The number of thiazole rings is 1. The molecule has 0 radical (unpaired) electrons. The molecule has 156 valence electrons. The van der Waals surface area contributed by atoms with Gasteiger partial charge in [-0.25, -0.2) is 9.97 Å². The molecule has 0 bridgehead atoms. The lowest BCUT2D eigenvalue weighted by Crippen LogP contribution is -2.28. The van der Waals surface area contributed by atoms with Crippen molar-refractivity contribution in [1.82, 2.24) is 15.3 Å². The molecule has 4 rings (SSSR count). The van der Waals surface area contributed by atoms with E-state index in [1.54, 1.807) is 17.5 Å². The quantitative estimate of drug-likeness (QED) is 0.520. The Morgan fingerprint density at radius 1 is 1.33 bits per heavy atom. The topological polar surface area (TPSA) is 64.1 Å². The number of ether oxygens (including phenoxy) is 1. The van der Waals surface area contributed by atoms with Gasteiger partial charge >= 0.3 is 0 Å². The first-order valence-corrected chi connectivity index (χ1v) is 11.4. The molecule has 0 spiro atoms. The van der Waals surface area contributed by atoms with Crippen molar-refractivity contribution in [3.05, 3.63) is 52.7 Å². The summed E-state index contributed by atoms with van der Waals surface area (Å²) >= 11 is 1.79. The zero-order valence-corrected chi connectivity index (χ0v) is 18.5. The lowest BCUT2D eigenvalue weighted by Gasteiger charge is -2.27. The van der Waals surface area contributed by atoms with Crippen LogP contribution >= 0.6 is 11.3 Å². The number of carbonyl (C=O) groups is 1. The summed E-state index contributed by atoms with van der Waals surface area (Å²) in [6, 6.07) is 7.94. The van der Waals surface area contributed by atoms with E-state index >= 15 is 0 Å². The molecule has 1 amide bonds. The zero-order chi connectivity index (χ0) is 21.1. The third-order valence-electron chi connectivity index (χ3n) is 5.40. The lowest BCUT2D eigenvalue weighted by molar-refractivity contribution is -0.119. The third-order valence-corrected chi connectivity index (χ3v) is 6.65. The predicted molar refractivity (Wildman–Crippen MR) is 122 cm³/mol. The number of hydrogen-bond acceptors (Lipinski definition) is 5. The molecule has 6 heteroatoms. The van der Waals surface area contributed by atoms with Gasteiger partial charge in [0.05, 0.1) is 15.2 Å². The molecular formula is C24H27N3O2S. The van der Waals surface area contributed by atoms with Crippen molar-refractivity contribution in [2.24, 2.45) is 0 Å². The van der Waals surface area contributed by atoms with Gasteiger partial charge in [-0.1, -0.05) is 25.5 Å². The number of benzene rings is 1. The van der Waals surface area contributed by atoms with Crippen LogP contribution in [0.2, 0.25) is 0 Å². The Labute approximate surface area is 181 Å². The van der Waals surface area contributed by atoms with Gasteiger partial charge in [0.25, 0.3) is 0 Å². The first-order valence-electron chi connectivity index (χ1n) is 10.5. The summed E-state index contributed by atoms with van der Waals surface area (Å²) in [5, 5.41) is 4.00. The van der Waals surface area contributed by atoms with Crippen LogP contribution < -0.4 is 10.1 Å². The van der Waals surface area contributed by atoms with E-state index in [4.69, 9.17) is 9.72 Å². The first kappa shape index (κ1) is 20.5. The number of amides is 1. The second kappa shape index (κ2) is 8.96. The second-order valence-electron chi connectivity index (χ2n) is 7.79. The van der Waals surface area contributed by atoms with Gasteiger partial charge in [-0.3, -0.25) is 4.79 Å². The molecule has 2 aromatic heterocycles. The van der Waals surface area contributed by atoms with Crippen LogP contribution in [0.3, 0.4) is 0 Å².